The SMILES string of the molecule is COC(=O)N1CC(NC2CC2)C1. The Labute approximate surface area is 71.9 Å². The molecule has 0 aromatic heterocycles. The summed E-state index contributed by atoms with van der Waals surface area (Å²) < 4.78 is 4.58. The van der Waals surface area contributed by atoms with Crippen LogP contribution in [-0.4, -0.2) is 43.3 Å². The first-order valence-corrected chi connectivity index (χ1v) is 4.38. The molecule has 1 N–H and O–H groups in total. The number of nitrogens with zero attached hydrogens (tertiary/aromatic N) is 1. The lowest BCUT2D eigenvalue weighted by Gasteiger charge is -2.38. The van der Waals surface area contributed by atoms with Crippen LogP contribution in [0.5, 0.6) is 0 Å². The van der Waals surface area contributed by atoms with Crippen LogP contribution in [0.4, 0.5) is 4.79 Å². The van der Waals surface area contributed by atoms with Crippen molar-refractivity contribution >= 4 is 6.09 Å². The molecule has 2 aliphatic rings. The van der Waals surface area contributed by atoms with Crippen LogP contribution in [-0.2, 0) is 4.74 Å². The van der Waals surface area contributed by atoms with E-state index in [4.69, 9.17) is 0 Å². The monoisotopic (exact) mass is 170 g/mol. The number of nitrogens with one attached hydrogen (secondary N) is 1. The molecule has 0 spiro atoms. The normalized spacial score (nSPS) is 23.6. The molecule has 0 aromatic rings. The van der Waals surface area contributed by atoms with Crippen molar-refractivity contribution in [3.63, 3.8) is 0 Å². The van der Waals surface area contributed by atoms with Crippen molar-refractivity contribution in [2.24, 2.45) is 0 Å². The maximum Gasteiger partial charge on any atom is 0.409 e. The highest BCUT2D eigenvalue weighted by Gasteiger charge is 2.34. The molecule has 4 heteroatoms. The van der Waals surface area contributed by atoms with Gasteiger partial charge in [0.05, 0.1) is 7.11 Å². The van der Waals surface area contributed by atoms with Crippen LogP contribution in [0.25, 0.3) is 0 Å². The van der Waals surface area contributed by atoms with Crippen molar-refractivity contribution in [2.75, 3.05) is 20.2 Å². The van der Waals surface area contributed by atoms with Gasteiger partial charge < -0.3 is 15.0 Å². The van der Waals surface area contributed by atoms with Crippen LogP contribution in [0.15, 0.2) is 0 Å². The summed E-state index contributed by atoms with van der Waals surface area (Å²) in [6.07, 6.45) is 2.40. The maximum atomic E-state index is 10.9. The number of hydrogen-bond donors (Lipinski definition) is 1. The van der Waals surface area contributed by atoms with Gasteiger partial charge in [-0.1, -0.05) is 0 Å². The van der Waals surface area contributed by atoms with Gasteiger partial charge in [0.2, 0.25) is 0 Å². The van der Waals surface area contributed by atoms with E-state index in [2.05, 4.69) is 10.1 Å². The first kappa shape index (κ1) is 7.86. The molecule has 2 fully saturated rings. The minimum Gasteiger partial charge on any atom is -0.453 e. The zero-order valence-corrected chi connectivity index (χ0v) is 7.25. The zero-order valence-electron chi connectivity index (χ0n) is 7.25. The molecule has 1 heterocycles. The molecule has 68 valence electrons. The molecule has 0 unspecified atom stereocenters. The van der Waals surface area contributed by atoms with E-state index >= 15 is 0 Å². The lowest BCUT2D eigenvalue weighted by atomic mass is 10.1. The smallest absolute Gasteiger partial charge is 0.409 e. The van der Waals surface area contributed by atoms with Crippen molar-refractivity contribution in [2.45, 2.75) is 24.9 Å². The van der Waals surface area contributed by atoms with E-state index in [0.717, 1.165) is 19.1 Å². The number of rotatable bonds is 2. The second kappa shape index (κ2) is 2.94. The van der Waals surface area contributed by atoms with Gasteiger partial charge in [0.25, 0.3) is 0 Å². The van der Waals surface area contributed by atoms with Crippen molar-refractivity contribution in [3.8, 4) is 0 Å². The molecule has 2 rings (SSSR count). The molecule has 1 amide bonds. The first-order chi connectivity index (χ1) is 5.79. The van der Waals surface area contributed by atoms with Gasteiger partial charge in [-0.25, -0.2) is 4.79 Å². The summed E-state index contributed by atoms with van der Waals surface area (Å²) in [5.74, 6) is 0. The number of ether oxygens (including phenoxy) is 1. The number of carbonyl (C=O) groups excluding carboxylic acids is 1. The lowest BCUT2D eigenvalue weighted by Crippen LogP contribution is -2.60. The quantitative estimate of drug-likeness (QED) is 0.643. The average Bonchev–Trinajstić information content (AvgIpc) is 2.78. The largest absolute Gasteiger partial charge is 0.453 e. The zero-order chi connectivity index (χ0) is 8.55. The van der Waals surface area contributed by atoms with E-state index in [-0.39, 0.29) is 6.09 Å². The number of amides is 1. The third-order valence-electron chi connectivity index (χ3n) is 2.36. The predicted octanol–water partition coefficient (Wildman–Crippen LogP) is 0.189. The van der Waals surface area contributed by atoms with E-state index in [0.29, 0.717) is 6.04 Å². The summed E-state index contributed by atoms with van der Waals surface area (Å²) in [6.45, 7) is 1.62. The topological polar surface area (TPSA) is 41.6 Å². The predicted molar refractivity (Wildman–Crippen MR) is 43.9 cm³/mol. The number of likely N-dealkylation sites (tertiary alicyclic amines) is 1. The molecular formula is C8H14N2O2. The van der Waals surface area contributed by atoms with E-state index in [9.17, 15) is 4.79 Å². The number of carbonyl (C=O) groups is 1. The van der Waals surface area contributed by atoms with Crippen molar-refractivity contribution < 1.29 is 9.53 Å². The van der Waals surface area contributed by atoms with E-state index in [1.165, 1.54) is 20.0 Å². The van der Waals surface area contributed by atoms with Crippen molar-refractivity contribution in [1.82, 2.24) is 10.2 Å². The van der Waals surface area contributed by atoms with Gasteiger partial charge >= 0.3 is 6.09 Å². The third-order valence-corrected chi connectivity index (χ3v) is 2.36. The fourth-order valence-corrected chi connectivity index (χ4v) is 1.45. The van der Waals surface area contributed by atoms with Crippen LogP contribution >= 0.6 is 0 Å². The van der Waals surface area contributed by atoms with Crippen LogP contribution in [0.3, 0.4) is 0 Å². The Hall–Kier alpha value is -0.770. The van der Waals surface area contributed by atoms with Gasteiger partial charge in [0.1, 0.15) is 0 Å². The van der Waals surface area contributed by atoms with E-state index < -0.39 is 0 Å². The highest BCUT2D eigenvalue weighted by molar-refractivity contribution is 5.68. The molecule has 1 aliphatic carbocycles. The Bertz CT molecular complexity index is 185. The third kappa shape index (κ3) is 1.53. The fourth-order valence-electron chi connectivity index (χ4n) is 1.45. The summed E-state index contributed by atoms with van der Waals surface area (Å²) in [5, 5.41) is 3.45. The van der Waals surface area contributed by atoms with E-state index in [1.54, 1.807) is 4.90 Å². The highest BCUT2D eigenvalue weighted by Crippen LogP contribution is 2.21. The summed E-state index contributed by atoms with van der Waals surface area (Å²) in [5.41, 5.74) is 0. The van der Waals surface area contributed by atoms with E-state index in [1.807, 2.05) is 0 Å². The number of hydrogen-bond acceptors (Lipinski definition) is 3. The van der Waals surface area contributed by atoms with Gasteiger partial charge in [0, 0.05) is 25.2 Å². The van der Waals surface area contributed by atoms with Gasteiger partial charge in [-0.2, -0.15) is 0 Å². The molecular weight excluding hydrogens is 156 g/mol. The summed E-state index contributed by atoms with van der Waals surface area (Å²) in [6, 6.07) is 1.24. The Morgan fingerprint density at radius 3 is 2.58 bits per heavy atom. The summed E-state index contributed by atoms with van der Waals surface area (Å²) >= 11 is 0. The number of methoxy groups -OCH3 is 1. The van der Waals surface area contributed by atoms with Crippen LogP contribution in [0.2, 0.25) is 0 Å². The second-order valence-corrected chi connectivity index (χ2v) is 3.51. The summed E-state index contributed by atoms with van der Waals surface area (Å²) in [7, 11) is 1.42. The molecule has 0 atom stereocenters. The van der Waals surface area contributed by atoms with Gasteiger partial charge in [0.15, 0.2) is 0 Å². The second-order valence-electron chi connectivity index (χ2n) is 3.51. The van der Waals surface area contributed by atoms with Gasteiger partial charge in [-0.15, -0.1) is 0 Å². The minimum absolute atomic E-state index is 0.205. The fraction of sp³-hybridized carbons (Fsp3) is 0.875. The Morgan fingerprint density at radius 1 is 1.42 bits per heavy atom. The van der Waals surface area contributed by atoms with Gasteiger partial charge in [-0.05, 0) is 12.8 Å². The summed E-state index contributed by atoms with van der Waals surface area (Å²) in [4.78, 5) is 12.6. The molecule has 0 bridgehead atoms. The standard InChI is InChI=1S/C8H14N2O2/c1-12-8(11)10-4-7(5-10)9-6-2-3-6/h6-7,9H,2-5H2,1H3. The van der Waals surface area contributed by atoms with Gasteiger partial charge in [-0.3, -0.25) is 0 Å². The average molecular weight is 170 g/mol. The molecule has 0 radical (unpaired) electrons. The molecule has 12 heavy (non-hydrogen) atoms. The first-order valence-electron chi connectivity index (χ1n) is 4.38. The Kier molecular flexibility index (Phi) is 1.92. The molecule has 0 aromatic carbocycles. The Morgan fingerprint density at radius 2 is 2.08 bits per heavy atom. The van der Waals surface area contributed by atoms with Crippen LogP contribution in [0, 0.1) is 0 Å². The van der Waals surface area contributed by atoms with Crippen molar-refractivity contribution in [3.05, 3.63) is 0 Å². The molecule has 1 saturated heterocycles. The highest BCUT2D eigenvalue weighted by atomic mass is 16.5. The van der Waals surface area contributed by atoms with Crippen LogP contribution in [0.1, 0.15) is 12.8 Å². The maximum absolute atomic E-state index is 10.9. The van der Waals surface area contributed by atoms with Crippen LogP contribution < -0.4 is 5.32 Å². The molecule has 1 saturated carbocycles. The molecule has 4 nitrogen and oxygen atoms in total. The minimum atomic E-state index is -0.205. The molecule has 1 aliphatic heterocycles. The Balaban J connectivity index is 1.65. The van der Waals surface area contributed by atoms with Crippen molar-refractivity contribution in [1.29, 1.82) is 0 Å². The lowest BCUT2D eigenvalue weighted by molar-refractivity contribution is 0.0799.